The molecule has 0 fully saturated rings. The number of aromatic hydroxyl groups is 1. The molecule has 16 heavy (non-hydrogen) atoms. The predicted molar refractivity (Wildman–Crippen MR) is 67.1 cm³/mol. The van der Waals surface area contributed by atoms with E-state index in [0.29, 0.717) is 10.7 Å². The van der Waals surface area contributed by atoms with Crippen LogP contribution in [0.25, 0.3) is 11.3 Å². The van der Waals surface area contributed by atoms with Gasteiger partial charge in [-0.2, -0.15) is 5.10 Å². The Morgan fingerprint density at radius 3 is 2.69 bits per heavy atom. The number of benzene rings is 1. The van der Waals surface area contributed by atoms with E-state index in [0.717, 1.165) is 10.5 Å². The zero-order chi connectivity index (χ0) is 11.7. The zero-order valence-electron chi connectivity index (χ0n) is 8.94. The van der Waals surface area contributed by atoms with Gasteiger partial charge in [-0.05, 0) is 24.5 Å². The zero-order valence-corrected chi connectivity index (χ0v) is 10.5. The Labute approximate surface area is 103 Å². The lowest BCUT2D eigenvalue weighted by Crippen LogP contribution is -1.89. The molecule has 3 nitrogen and oxygen atoms in total. The molecule has 1 aromatic heterocycles. The van der Waals surface area contributed by atoms with Crippen LogP contribution < -0.4 is 0 Å². The highest BCUT2D eigenvalue weighted by Crippen LogP contribution is 2.32. The number of halogens is 1. The fraction of sp³-hybridized carbons (Fsp3) is 0.182. The van der Waals surface area contributed by atoms with Gasteiger partial charge in [0.25, 0.3) is 0 Å². The second-order valence-corrected chi connectivity index (χ2v) is 4.64. The molecular formula is C11H11ClN2OS. The van der Waals surface area contributed by atoms with Crippen LogP contribution in [0.5, 0.6) is 5.88 Å². The van der Waals surface area contributed by atoms with E-state index >= 15 is 0 Å². The molecule has 84 valence electrons. The summed E-state index contributed by atoms with van der Waals surface area (Å²) in [4.78, 5) is 1.12. The van der Waals surface area contributed by atoms with Gasteiger partial charge in [-0.1, -0.05) is 11.6 Å². The number of hydrogen-bond donors (Lipinski definition) is 1. The summed E-state index contributed by atoms with van der Waals surface area (Å²) in [6.45, 7) is 0. The van der Waals surface area contributed by atoms with Gasteiger partial charge in [0, 0.05) is 23.6 Å². The SMILES string of the molecule is CSc1ccc(Cl)c(-c2cc(O)n(C)n2)c1. The molecule has 0 spiro atoms. The molecule has 0 aliphatic carbocycles. The summed E-state index contributed by atoms with van der Waals surface area (Å²) >= 11 is 7.75. The van der Waals surface area contributed by atoms with Crippen molar-refractivity contribution in [2.45, 2.75) is 4.90 Å². The van der Waals surface area contributed by atoms with Gasteiger partial charge >= 0.3 is 0 Å². The summed E-state index contributed by atoms with van der Waals surface area (Å²) < 4.78 is 1.41. The highest BCUT2D eigenvalue weighted by atomic mass is 35.5. The summed E-state index contributed by atoms with van der Waals surface area (Å²) in [5, 5.41) is 14.3. The van der Waals surface area contributed by atoms with Crippen LogP contribution in [0.4, 0.5) is 0 Å². The van der Waals surface area contributed by atoms with Gasteiger partial charge in [-0.3, -0.25) is 0 Å². The van der Waals surface area contributed by atoms with Gasteiger partial charge in [0.15, 0.2) is 0 Å². The van der Waals surface area contributed by atoms with Crippen molar-refractivity contribution in [2.24, 2.45) is 7.05 Å². The van der Waals surface area contributed by atoms with Crippen LogP contribution in [-0.4, -0.2) is 21.1 Å². The minimum Gasteiger partial charge on any atom is -0.493 e. The fourth-order valence-corrected chi connectivity index (χ4v) is 2.07. The maximum atomic E-state index is 9.47. The second-order valence-electron chi connectivity index (χ2n) is 3.36. The Morgan fingerprint density at radius 2 is 2.12 bits per heavy atom. The summed E-state index contributed by atoms with van der Waals surface area (Å²) in [5.74, 6) is 0.126. The van der Waals surface area contributed by atoms with Crippen LogP contribution >= 0.6 is 23.4 Å². The topological polar surface area (TPSA) is 38.0 Å². The van der Waals surface area contributed by atoms with Gasteiger partial charge < -0.3 is 5.11 Å². The Bertz CT molecular complexity index is 505. The number of nitrogens with zero attached hydrogens (tertiary/aromatic N) is 2. The largest absolute Gasteiger partial charge is 0.493 e. The molecule has 2 rings (SSSR count). The Hall–Kier alpha value is -1.13. The van der Waals surface area contributed by atoms with Crippen molar-refractivity contribution in [3.05, 3.63) is 29.3 Å². The van der Waals surface area contributed by atoms with E-state index in [9.17, 15) is 5.11 Å². The Balaban J connectivity index is 2.54. The Morgan fingerprint density at radius 1 is 1.38 bits per heavy atom. The van der Waals surface area contributed by atoms with Gasteiger partial charge in [0.1, 0.15) is 0 Å². The predicted octanol–water partition coefficient (Wildman–Crippen LogP) is 3.17. The normalized spacial score (nSPS) is 10.7. The number of hydrogen-bond acceptors (Lipinski definition) is 3. The third kappa shape index (κ3) is 2.03. The van der Waals surface area contributed by atoms with Crippen molar-refractivity contribution >= 4 is 23.4 Å². The van der Waals surface area contributed by atoms with Gasteiger partial charge in [0.2, 0.25) is 5.88 Å². The third-order valence-electron chi connectivity index (χ3n) is 2.30. The summed E-state index contributed by atoms with van der Waals surface area (Å²) in [6.07, 6.45) is 2.00. The molecule has 0 saturated carbocycles. The van der Waals surface area contributed by atoms with Crippen LogP contribution in [-0.2, 0) is 7.05 Å². The molecule has 0 atom stereocenters. The molecule has 0 radical (unpaired) electrons. The number of aromatic nitrogens is 2. The minimum atomic E-state index is 0.126. The highest BCUT2D eigenvalue weighted by molar-refractivity contribution is 7.98. The average Bonchev–Trinajstić information content (AvgIpc) is 2.60. The molecule has 2 aromatic rings. The lowest BCUT2D eigenvalue weighted by molar-refractivity contribution is 0.419. The lowest BCUT2D eigenvalue weighted by atomic mass is 10.1. The van der Waals surface area contributed by atoms with E-state index in [2.05, 4.69) is 5.10 Å². The highest BCUT2D eigenvalue weighted by Gasteiger charge is 2.10. The first kappa shape index (κ1) is 11.4. The maximum absolute atomic E-state index is 9.47. The lowest BCUT2D eigenvalue weighted by Gasteiger charge is -2.03. The summed E-state index contributed by atoms with van der Waals surface area (Å²) in [7, 11) is 1.69. The summed E-state index contributed by atoms with van der Waals surface area (Å²) in [5.41, 5.74) is 1.52. The molecule has 5 heteroatoms. The number of aryl methyl sites for hydroxylation is 1. The van der Waals surface area contributed by atoms with E-state index < -0.39 is 0 Å². The van der Waals surface area contributed by atoms with E-state index in [1.165, 1.54) is 4.68 Å². The van der Waals surface area contributed by atoms with Gasteiger partial charge in [-0.25, -0.2) is 4.68 Å². The molecule has 1 aromatic carbocycles. The quantitative estimate of drug-likeness (QED) is 0.837. The van der Waals surface area contributed by atoms with Crippen LogP contribution in [0.15, 0.2) is 29.2 Å². The molecule has 0 amide bonds. The van der Waals surface area contributed by atoms with E-state index in [1.54, 1.807) is 24.9 Å². The summed E-state index contributed by atoms with van der Waals surface area (Å²) in [6, 6.07) is 7.37. The van der Waals surface area contributed by atoms with Crippen molar-refractivity contribution < 1.29 is 5.11 Å². The molecule has 0 aliphatic heterocycles. The average molecular weight is 255 g/mol. The molecular weight excluding hydrogens is 244 g/mol. The number of thioether (sulfide) groups is 1. The molecule has 0 bridgehead atoms. The van der Waals surface area contributed by atoms with Crippen LogP contribution in [0.2, 0.25) is 5.02 Å². The van der Waals surface area contributed by atoms with Crippen molar-refractivity contribution in [1.82, 2.24) is 9.78 Å². The molecule has 1 heterocycles. The standard InChI is InChI=1S/C11H11ClN2OS/c1-14-11(15)6-10(13-14)8-5-7(16-2)3-4-9(8)12/h3-6,15H,1-2H3. The van der Waals surface area contributed by atoms with E-state index in [4.69, 9.17) is 11.6 Å². The Kier molecular flexibility index (Phi) is 3.12. The maximum Gasteiger partial charge on any atom is 0.209 e. The van der Waals surface area contributed by atoms with Crippen molar-refractivity contribution in [3.8, 4) is 17.1 Å². The molecule has 0 unspecified atom stereocenters. The first-order valence-electron chi connectivity index (χ1n) is 4.68. The molecule has 0 aliphatic rings. The first-order chi connectivity index (χ1) is 7.61. The van der Waals surface area contributed by atoms with Crippen LogP contribution in [0, 0.1) is 0 Å². The molecule has 1 N–H and O–H groups in total. The smallest absolute Gasteiger partial charge is 0.209 e. The van der Waals surface area contributed by atoms with E-state index in [-0.39, 0.29) is 5.88 Å². The van der Waals surface area contributed by atoms with Crippen LogP contribution in [0.3, 0.4) is 0 Å². The van der Waals surface area contributed by atoms with Crippen molar-refractivity contribution in [3.63, 3.8) is 0 Å². The molecule has 0 saturated heterocycles. The third-order valence-corrected chi connectivity index (χ3v) is 3.36. The van der Waals surface area contributed by atoms with Gasteiger partial charge in [0.05, 0.1) is 10.7 Å². The second kappa shape index (κ2) is 4.39. The first-order valence-corrected chi connectivity index (χ1v) is 6.29. The van der Waals surface area contributed by atoms with Crippen molar-refractivity contribution in [2.75, 3.05) is 6.26 Å². The monoisotopic (exact) mass is 254 g/mol. The fourth-order valence-electron chi connectivity index (χ4n) is 1.42. The van der Waals surface area contributed by atoms with Crippen LogP contribution in [0.1, 0.15) is 0 Å². The van der Waals surface area contributed by atoms with Gasteiger partial charge in [-0.15, -0.1) is 11.8 Å². The minimum absolute atomic E-state index is 0.126. The number of rotatable bonds is 2. The van der Waals surface area contributed by atoms with E-state index in [1.807, 2.05) is 24.5 Å². The van der Waals surface area contributed by atoms with Crippen molar-refractivity contribution in [1.29, 1.82) is 0 Å².